The van der Waals surface area contributed by atoms with Crippen LogP contribution in [0.3, 0.4) is 0 Å². The molecule has 0 N–H and O–H groups in total. The number of benzene rings is 1. The van der Waals surface area contributed by atoms with E-state index in [1.54, 1.807) is 10.6 Å². The van der Waals surface area contributed by atoms with Gasteiger partial charge in [-0.15, -0.1) is 11.3 Å². The monoisotopic (exact) mass is 216 g/mol. The molecule has 1 aromatic carbocycles. The van der Waals surface area contributed by atoms with Crippen LogP contribution in [0.5, 0.6) is 0 Å². The molecular weight excluding hydrogens is 208 g/mol. The molecule has 3 nitrogen and oxygen atoms in total. The molecule has 2 aromatic heterocycles. The fourth-order valence-electron chi connectivity index (χ4n) is 1.75. The second kappa shape index (κ2) is 2.90. The van der Waals surface area contributed by atoms with Crippen LogP contribution in [0.2, 0.25) is 0 Å². The highest BCUT2D eigenvalue weighted by Crippen LogP contribution is 2.15. The van der Waals surface area contributed by atoms with Crippen molar-refractivity contribution in [2.24, 2.45) is 0 Å². The van der Waals surface area contributed by atoms with Crippen molar-refractivity contribution in [2.45, 2.75) is 6.92 Å². The van der Waals surface area contributed by atoms with Crippen molar-refractivity contribution in [3.8, 4) is 0 Å². The van der Waals surface area contributed by atoms with Crippen molar-refractivity contribution in [2.75, 3.05) is 0 Å². The maximum atomic E-state index is 12.1. The van der Waals surface area contributed by atoms with E-state index in [2.05, 4.69) is 4.98 Å². The summed E-state index contributed by atoms with van der Waals surface area (Å²) < 4.78 is 1.60. The SMILES string of the molecule is Cc1cccc2nc3sccn3c(=O)c12. The van der Waals surface area contributed by atoms with E-state index in [0.717, 1.165) is 16.0 Å². The number of hydrogen-bond acceptors (Lipinski definition) is 3. The summed E-state index contributed by atoms with van der Waals surface area (Å²) in [5.74, 6) is 0. The van der Waals surface area contributed by atoms with Gasteiger partial charge in [0.05, 0.1) is 10.9 Å². The van der Waals surface area contributed by atoms with Gasteiger partial charge in [0.25, 0.3) is 5.56 Å². The first kappa shape index (κ1) is 8.61. The minimum atomic E-state index is 0.0225. The van der Waals surface area contributed by atoms with Gasteiger partial charge in [0, 0.05) is 11.6 Å². The lowest BCUT2D eigenvalue weighted by molar-refractivity contribution is 1.11. The van der Waals surface area contributed by atoms with Gasteiger partial charge in [-0.2, -0.15) is 0 Å². The summed E-state index contributed by atoms with van der Waals surface area (Å²) in [6.45, 7) is 1.93. The predicted octanol–water partition coefficient (Wildman–Crippen LogP) is 2.22. The van der Waals surface area contributed by atoms with E-state index >= 15 is 0 Å². The first-order valence-corrected chi connectivity index (χ1v) is 5.50. The average Bonchev–Trinajstić information content (AvgIpc) is 2.66. The topological polar surface area (TPSA) is 34.4 Å². The summed E-state index contributed by atoms with van der Waals surface area (Å²) in [6.07, 6.45) is 1.77. The summed E-state index contributed by atoms with van der Waals surface area (Å²) >= 11 is 1.47. The maximum Gasteiger partial charge on any atom is 0.266 e. The summed E-state index contributed by atoms with van der Waals surface area (Å²) in [5.41, 5.74) is 1.78. The Kier molecular flexibility index (Phi) is 1.67. The van der Waals surface area contributed by atoms with Crippen LogP contribution in [0.25, 0.3) is 15.9 Å². The van der Waals surface area contributed by atoms with Crippen molar-refractivity contribution < 1.29 is 0 Å². The number of hydrogen-bond donors (Lipinski definition) is 0. The molecular formula is C11H8N2OS. The van der Waals surface area contributed by atoms with Crippen LogP contribution in [0.15, 0.2) is 34.6 Å². The molecule has 0 aliphatic rings. The van der Waals surface area contributed by atoms with Crippen molar-refractivity contribution in [3.63, 3.8) is 0 Å². The molecule has 0 saturated carbocycles. The van der Waals surface area contributed by atoms with Gasteiger partial charge in [-0.1, -0.05) is 12.1 Å². The van der Waals surface area contributed by atoms with Crippen LogP contribution in [0.4, 0.5) is 0 Å². The molecule has 74 valence electrons. The predicted molar refractivity (Wildman–Crippen MR) is 61.6 cm³/mol. The van der Waals surface area contributed by atoms with Crippen LogP contribution in [0, 0.1) is 6.92 Å². The molecule has 0 unspecified atom stereocenters. The molecule has 3 rings (SSSR count). The van der Waals surface area contributed by atoms with E-state index < -0.39 is 0 Å². The van der Waals surface area contributed by atoms with Gasteiger partial charge in [-0.3, -0.25) is 9.20 Å². The summed E-state index contributed by atoms with van der Waals surface area (Å²) in [6, 6.07) is 5.74. The minimum absolute atomic E-state index is 0.0225. The second-order valence-electron chi connectivity index (χ2n) is 3.44. The Balaban J connectivity index is 2.71. The van der Waals surface area contributed by atoms with Crippen molar-refractivity contribution in [1.29, 1.82) is 0 Å². The van der Waals surface area contributed by atoms with Gasteiger partial charge in [0.2, 0.25) is 0 Å². The largest absolute Gasteiger partial charge is 0.268 e. The number of aryl methyl sites for hydroxylation is 1. The van der Waals surface area contributed by atoms with Crippen molar-refractivity contribution >= 4 is 27.2 Å². The van der Waals surface area contributed by atoms with Gasteiger partial charge in [0.15, 0.2) is 4.96 Å². The quantitative estimate of drug-likeness (QED) is 0.577. The third kappa shape index (κ3) is 1.11. The zero-order chi connectivity index (χ0) is 10.4. The molecule has 4 heteroatoms. The fourth-order valence-corrected chi connectivity index (χ4v) is 2.47. The molecule has 0 amide bonds. The zero-order valence-electron chi connectivity index (χ0n) is 8.10. The number of rotatable bonds is 0. The summed E-state index contributed by atoms with van der Waals surface area (Å²) in [4.78, 5) is 17.3. The highest BCUT2D eigenvalue weighted by molar-refractivity contribution is 7.15. The normalized spacial score (nSPS) is 11.3. The smallest absolute Gasteiger partial charge is 0.266 e. The zero-order valence-corrected chi connectivity index (χ0v) is 8.91. The van der Waals surface area contributed by atoms with E-state index in [1.165, 1.54) is 11.3 Å². The molecule has 15 heavy (non-hydrogen) atoms. The molecule has 0 aliphatic carbocycles. The fraction of sp³-hybridized carbons (Fsp3) is 0.0909. The average molecular weight is 216 g/mol. The highest BCUT2D eigenvalue weighted by atomic mass is 32.1. The lowest BCUT2D eigenvalue weighted by Crippen LogP contribution is -2.13. The van der Waals surface area contributed by atoms with E-state index in [9.17, 15) is 4.79 Å². The Hall–Kier alpha value is -1.68. The summed E-state index contributed by atoms with van der Waals surface area (Å²) in [5, 5.41) is 2.59. The standard InChI is InChI=1S/C11H8N2OS/c1-7-3-2-4-8-9(7)10(14)13-5-6-15-11(13)12-8/h2-6H,1H3. The van der Waals surface area contributed by atoms with Crippen LogP contribution in [-0.2, 0) is 0 Å². The van der Waals surface area contributed by atoms with E-state index in [4.69, 9.17) is 0 Å². The van der Waals surface area contributed by atoms with Crippen molar-refractivity contribution in [3.05, 3.63) is 45.7 Å². The van der Waals surface area contributed by atoms with Crippen molar-refractivity contribution in [1.82, 2.24) is 9.38 Å². The Morgan fingerprint density at radius 3 is 3.13 bits per heavy atom. The molecule has 0 radical (unpaired) electrons. The van der Waals surface area contributed by atoms with Gasteiger partial charge in [-0.25, -0.2) is 4.98 Å². The second-order valence-corrected chi connectivity index (χ2v) is 4.31. The first-order chi connectivity index (χ1) is 7.27. The van der Waals surface area contributed by atoms with Crippen LogP contribution in [0.1, 0.15) is 5.56 Å². The van der Waals surface area contributed by atoms with E-state index in [1.807, 2.05) is 30.5 Å². The Bertz CT molecular complexity index is 711. The molecule has 3 aromatic rings. The van der Waals surface area contributed by atoms with Gasteiger partial charge < -0.3 is 0 Å². The number of thiazole rings is 1. The van der Waals surface area contributed by atoms with Gasteiger partial charge in [-0.05, 0) is 18.6 Å². The molecule has 0 aliphatic heterocycles. The summed E-state index contributed by atoms with van der Waals surface area (Å²) in [7, 11) is 0. The first-order valence-electron chi connectivity index (χ1n) is 4.62. The Morgan fingerprint density at radius 1 is 1.40 bits per heavy atom. The molecule has 0 bridgehead atoms. The highest BCUT2D eigenvalue weighted by Gasteiger charge is 2.07. The van der Waals surface area contributed by atoms with Gasteiger partial charge >= 0.3 is 0 Å². The number of nitrogens with zero attached hydrogens (tertiary/aromatic N) is 2. The van der Waals surface area contributed by atoms with E-state index in [0.29, 0.717) is 5.39 Å². The molecule has 2 heterocycles. The molecule has 0 atom stereocenters. The number of fused-ring (bicyclic) bond motifs is 2. The van der Waals surface area contributed by atoms with Crippen LogP contribution in [-0.4, -0.2) is 9.38 Å². The van der Waals surface area contributed by atoms with Crippen LogP contribution < -0.4 is 5.56 Å². The molecule has 0 spiro atoms. The minimum Gasteiger partial charge on any atom is -0.268 e. The lowest BCUT2D eigenvalue weighted by Gasteiger charge is -2.00. The lowest BCUT2D eigenvalue weighted by atomic mass is 10.1. The Labute approximate surface area is 89.6 Å². The van der Waals surface area contributed by atoms with E-state index in [-0.39, 0.29) is 5.56 Å². The van der Waals surface area contributed by atoms with Gasteiger partial charge in [0.1, 0.15) is 0 Å². The molecule has 0 fully saturated rings. The molecule has 0 saturated heterocycles. The number of aromatic nitrogens is 2. The maximum absolute atomic E-state index is 12.1. The third-order valence-electron chi connectivity index (χ3n) is 2.49. The van der Waals surface area contributed by atoms with Crippen LogP contribution >= 0.6 is 11.3 Å². The third-order valence-corrected chi connectivity index (χ3v) is 3.25. The Morgan fingerprint density at radius 2 is 2.27 bits per heavy atom.